The Morgan fingerprint density at radius 1 is 0.864 bits per heavy atom. The molecule has 0 spiro atoms. The summed E-state index contributed by atoms with van der Waals surface area (Å²) in [5.41, 5.74) is 3.85. The van der Waals surface area contributed by atoms with Crippen LogP contribution in [0.5, 0.6) is 0 Å². The lowest BCUT2D eigenvalue weighted by Crippen LogP contribution is -2.09. The predicted octanol–water partition coefficient (Wildman–Crippen LogP) is 3.29. The standard InChI is InChI=1S/C17H20N2O2S/c1-19(2)17-12-8-15(9-13-17)5-4-14-6-10-16(11-7-14)18-22(3,20)21/h4-13,18H,1-3H3. The largest absolute Gasteiger partial charge is 0.378 e. The molecule has 116 valence electrons. The molecule has 0 saturated carbocycles. The molecule has 2 aromatic carbocycles. The fourth-order valence-electron chi connectivity index (χ4n) is 1.95. The zero-order valence-electron chi connectivity index (χ0n) is 12.9. The van der Waals surface area contributed by atoms with Gasteiger partial charge in [-0.25, -0.2) is 8.42 Å². The molecule has 2 aromatic rings. The van der Waals surface area contributed by atoms with Gasteiger partial charge in [0.15, 0.2) is 0 Å². The molecule has 0 fully saturated rings. The molecule has 0 aliphatic heterocycles. The lowest BCUT2D eigenvalue weighted by atomic mass is 10.1. The van der Waals surface area contributed by atoms with Crippen LogP contribution >= 0.6 is 0 Å². The van der Waals surface area contributed by atoms with Crippen molar-refractivity contribution in [3.8, 4) is 0 Å². The first kappa shape index (κ1) is 16.1. The van der Waals surface area contributed by atoms with Gasteiger partial charge in [0.2, 0.25) is 10.0 Å². The smallest absolute Gasteiger partial charge is 0.229 e. The first-order chi connectivity index (χ1) is 10.3. The maximum absolute atomic E-state index is 11.1. The van der Waals surface area contributed by atoms with E-state index in [2.05, 4.69) is 33.9 Å². The van der Waals surface area contributed by atoms with Crippen LogP contribution in [0.15, 0.2) is 48.5 Å². The summed E-state index contributed by atoms with van der Waals surface area (Å²) in [5.74, 6) is 0. The highest BCUT2D eigenvalue weighted by Crippen LogP contribution is 2.16. The third-order valence-electron chi connectivity index (χ3n) is 3.09. The molecule has 5 heteroatoms. The van der Waals surface area contributed by atoms with Crippen molar-refractivity contribution in [3.63, 3.8) is 0 Å². The fraction of sp³-hybridized carbons (Fsp3) is 0.176. The Balaban J connectivity index is 2.06. The van der Waals surface area contributed by atoms with E-state index in [1.54, 1.807) is 12.1 Å². The van der Waals surface area contributed by atoms with E-state index in [4.69, 9.17) is 0 Å². The quantitative estimate of drug-likeness (QED) is 0.861. The number of hydrogen-bond donors (Lipinski definition) is 1. The maximum Gasteiger partial charge on any atom is 0.229 e. The van der Waals surface area contributed by atoms with Crippen LogP contribution in [0.25, 0.3) is 12.2 Å². The van der Waals surface area contributed by atoms with Crippen LogP contribution in [0.2, 0.25) is 0 Å². The molecule has 0 atom stereocenters. The average molecular weight is 316 g/mol. The SMILES string of the molecule is CN(C)c1ccc(C=Cc2ccc(NS(C)(=O)=O)cc2)cc1. The molecular weight excluding hydrogens is 296 g/mol. The minimum Gasteiger partial charge on any atom is -0.378 e. The Morgan fingerprint density at radius 3 is 1.73 bits per heavy atom. The minimum atomic E-state index is -3.23. The Morgan fingerprint density at radius 2 is 1.32 bits per heavy atom. The van der Waals surface area contributed by atoms with Gasteiger partial charge in [-0.3, -0.25) is 4.72 Å². The summed E-state index contributed by atoms with van der Waals surface area (Å²) in [4.78, 5) is 2.06. The number of sulfonamides is 1. The zero-order chi connectivity index (χ0) is 16.2. The molecule has 1 N–H and O–H groups in total. The van der Waals surface area contributed by atoms with Gasteiger partial charge in [-0.1, -0.05) is 36.4 Å². The molecule has 0 bridgehead atoms. The highest BCUT2D eigenvalue weighted by molar-refractivity contribution is 7.92. The molecule has 0 aromatic heterocycles. The van der Waals surface area contributed by atoms with Gasteiger partial charge in [0, 0.05) is 25.5 Å². The summed E-state index contributed by atoms with van der Waals surface area (Å²) in [7, 11) is 0.793. The van der Waals surface area contributed by atoms with Gasteiger partial charge in [-0.05, 0) is 35.4 Å². The van der Waals surface area contributed by atoms with E-state index >= 15 is 0 Å². The second kappa shape index (κ2) is 6.66. The molecular formula is C17H20N2O2S. The van der Waals surface area contributed by atoms with Crippen LogP contribution < -0.4 is 9.62 Å². The van der Waals surface area contributed by atoms with Crippen molar-refractivity contribution in [2.24, 2.45) is 0 Å². The van der Waals surface area contributed by atoms with Crippen LogP contribution in [-0.4, -0.2) is 28.8 Å². The number of rotatable bonds is 5. The average Bonchev–Trinajstić information content (AvgIpc) is 2.45. The summed E-state index contributed by atoms with van der Waals surface area (Å²) in [5, 5.41) is 0. The van der Waals surface area contributed by atoms with Gasteiger partial charge in [0.1, 0.15) is 0 Å². The van der Waals surface area contributed by atoms with E-state index in [1.807, 2.05) is 38.4 Å². The fourth-order valence-corrected chi connectivity index (χ4v) is 2.52. The molecule has 0 aliphatic carbocycles. The summed E-state index contributed by atoms with van der Waals surface area (Å²) >= 11 is 0. The van der Waals surface area contributed by atoms with Gasteiger partial charge in [0.05, 0.1) is 6.26 Å². The highest BCUT2D eigenvalue weighted by atomic mass is 32.2. The number of hydrogen-bond acceptors (Lipinski definition) is 3. The second-order valence-corrected chi connectivity index (χ2v) is 7.06. The number of nitrogens with zero attached hydrogens (tertiary/aromatic N) is 1. The Bertz CT molecular complexity index is 746. The van der Waals surface area contributed by atoms with E-state index in [0.29, 0.717) is 5.69 Å². The van der Waals surface area contributed by atoms with Gasteiger partial charge in [-0.2, -0.15) is 0 Å². The third-order valence-corrected chi connectivity index (χ3v) is 3.70. The van der Waals surface area contributed by atoms with Crippen LogP contribution in [-0.2, 0) is 10.0 Å². The summed E-state index contributed by atoms with van der Waals surface area (Å²) in [6.45, 7) is 0. The van der Waals surface area contributed by atoms with E-state index in [9.17, 15) is 8.42 Å². The third kappa shape index (κ3) is 4.93. The van der Waals surface area contributed by atoms with Crippen molar-refractivity contribution in [2.75, 3.05) is 30.0 Å². The van der Waals surface area contributed by atoms with Gasteiger partial charge in [-0.15, -0.1) is 0 Å². The molecule has 2 rings (SSSR count). The molecule has 0 aliphatic rings. The van der Waals surface area contributed by atoms with Crippen molar-refractivity contribution in [2.45, 2.75) is 0 Å². The van der Waals surface area contributed by atoms with Crippen molar-refractivity contribution in [1.29, 1.82) is 0 Å². The molecule has 0 unspecified atom stereocenters. The summed E-state index contributed by atoms with van der Waals surface area (Å²) < 4.78 is 24.7. The van der Waals surface area contributed by atoms with Crippen LogP contribution in [0.4, 0.5) is 11.4 Å². The van der Waals surface area contributed by atoms with Crippen LogP contribution in [0.3, 0.4) is 0 Å². The Labute approximate surface area is 132 Å². The monoisotopic (exact) mass is 316 g/mol. The number of anilines is 2. The van der Waals surface area contributed by atoms with Crippen molar-refractivity contribution >= 4 is 33.6 Å². The highest BCUT2D eigenvalue weighted by Gasteiger charge is 2.00. The van der Waals surface area contributed by atoms with Gasteiger partial charge >= 0.3 is 0 Å². The van der Waals surface area contributed by atoms with Crippen LogP contribution in [0, 0.1) is 0 Å². The molecule has 0 amide bonds. The van der Waals surface area contributed by atoms with E-state index in [0.717, 1.165) is 23.1 Å². The molecule has 22 heavy (non-hydrogen) atoms. The van der Waals surface area contributed by atoms with E-state index < -0.39 is 10.0 Å². The predicted molar refractivity (Wildman–Crippen MR) is 94.6 cm³/mol. The number of nitrogens with one attached hydrogen (secondary N) is 1. The number of benzene rings is 2. The molecule has 0 heterocycles. The lowest BCUT2D eigenvalue weighted by Gasteiger charge is -2.11. The molecule has 4 nitrogen and oxygen atoms in total. The topological polar surface area (TPSA) is 49.4 Å². The first-order valence-electron chi connectivity index (χ1n) is 6.87. The first-order valence-corrected chi connectivity index (χ1v) is 8.76. The summed E-state index contributed by atoms with van der Waals surface area (Å²) in [6.07, 6.45) is 5.16. The molecule has 0 radical (unpaired) electrons. The Hall–Kier alpha value is -2.27. The molecule has 0 saturated heterocycles. The summed E-state index contributed by atoms with van der Waals surface area (Å²) in [6, 6.07) is 15.5. The van der Waals surface area contributed by atoms with Crippen molar-refractivity contribution in [1.82, 2.24) is 0 Å². The van der Waals surface area contributed by atoms with Crippen molar-refractivity contribution < 1.29 is 8.42 Å². The minimum absolute atomic E-state index is 0.565. The lowest BCUT2D eigenvalue weighted by molar-refractivity contribution is 0.607. The van der Waals surface area contributed by atoms with Gasteiger partial charge in [0.25, 0.3) is 0 Å². The van der Waals surface area contributed by atoms with Gasteiger partial charge < -0.3 is 4.90 Å². The van der Waals surface area contributed by atoms with Crippen molar-refractivity contribution in [3.05, 3.63) is 59.7 Å². The normalized spacial score (nSPS) is 11.6. The van der Waals surface area contributed by atoms with E-state index in [-0.39, 0.29) is 0 Å². The Kier molecular flexibility index (Phi) is 4.88. The van der Waals surface area contributed by atoms with E-state index in [1.165, 1.54) is 0 Å². The van der Waals surface area contributed by atoms with Crippen LogP contribution in [0.1, 0.15) is 11.1 Å². The maximum atomic E-state index is 11.1. The second-order valence-electron chi connectivity index (χ2n) is 5.32. The zero-order valence-corrected chi connectivity index (χ0v) is 13.8.